The standard InChI is InChI=1S/C13H10FNO2/c14-11-2-1-10(12(8-11)13(16)17)7-9-3-5-15-6-4-9/h1-6,8H,7H2,(H,16,17). The van der Waals surface area contributed by atoms with Gasteiger partial charge in [0.1, 0.15) is 5.82 Å². The fourth-order valence-corrected chi connectivity index (χ4v) is 1.62. The van der Waals surface area contributed by atoms with Crippen LogP contribution >= 0.6 is 0 Å². The molecule has 86 valence electrons. The van der Waals surface area contributed by atoms with Crippen molar-refractivity contribution in [2.75, 3.05) is 0 Å². The summed E-state index contributed by atoms with van der Waals surface area (Å²) in [6.07, 6.45) is 3.73. The Kier molecular flexibility index (Phi) is 3.14. The molecule has 0 amide bonds. The summed E-state index contributed by atoms with van der Waals surface area (Å²) in [7, 11) is 0. The van der Waals surface area contributed by atoms with Gasteiger partial charge in [-0.05, 0) is 41.8 Å². The maximum absolute atomic E-state index is 13.0. The first-order valence-electron chi connectivity index (χ1n) is 5.07. The van der Waals surface area contributed by atoms with Crippen LogP contribution in [-0.4, -0.2) is 16.1 Å². The Labute approximate surface area is 97.6 Å². The van der Waals surface area contributed by atoms with Crippen molar-refractivity contribution >= 4 is 5.97 Å². The molecule has 0 unspecified atom stereocenters. The Hall–Kier alpha value is -2.23. The number of nitrogens with zero attached hydrogens (tertiary/aromatic N) is 1. The molecule has 0 spiro atoms. The number of aromatic nitrogens is 1. The van der Waals surface area contributed by atoms with E-state index in [0.717, 1.165) is 11.6 Å². The van der Waals surface area contributed by atoms with E-state index in [1.165, 1.54) is 12.1 Å². The molecular formula is C13H10FNO2. The molecule has 0 atom stereocenters. The summed E-state index contributed by atoms with van der Waals surface area (Å²) in [6.45, 7) is 0. The van der Waals surface area contributed by atoms with Crippen LogP contribution in [0.2, 0.25) is 0 Å². The number of carboxylic acids is 1. The average molecular weight is 231 g/mol. The summed E-state index contributed by atoms with van der Waals surface area (Å²) in [4.78, 5) is 14.9. The summed E-state index contributed by atoms with van der Waals surface area (Å²) in [5, 5.41) is 8.99. The second kappa shape index (κ2) is 4.74. The van der Waals surface area contributed by atoms with E-state index in [1.54, 1.807) is 24.5 Å². The minimum atomic E-state index is -1.12. The molecule has 1 heterocycles. The topological polar surface area (TPSA) is 50.2 Å². The quantitative estimate of drug-likeness (QED) is 0.882. The van der Waals surface area contributed by atoms with Crippen LogP contribution in [0.1, 0.15) is 21.5 Å². The van der Waals surface area contributed by atoms with Gasteiger partial charge in [-0.3, -0.25) is 4.98 Å². The molecule has 3 nitrogen and oxygen atoms in total. The molecule has 0 fully saturated rings. The predicted octanol–water partition coefficient (Wildman–Crippen LogP) is 2.51. The van der Waals surface area contributed by atoms with E-state index in [0.29, 0.717) is 12.0 Å². The lowest BCUT2D eigenvalue weighted by molar-refractivity contribution is 0.0695. The van der Waals surface area contributed by atoms with Crippen molar-refractivity contribution in [3.63, 3.8) is 0 Å². The Morgan fingerprint density at radius 3 is 2.59 bits per heavy atom. The second-order valence-electron chi connectivity index (χ2n) is 3.64. The van der Waals surface area contributed by atoms with Gasteiger partial charge in [0.05, 0.1) is 5.56 Å². The van der Waals surface area contributed by atoms with Crippen LogP contribution < -0.4 is 0 Å². The summed E-state index contributed by atoms with van der Waals surface area (Å²) < 4.78 is 13.0. The van der Waals surface area contributed by atoms with E-state index in [-0.39, 0.29) is 5.56 Å². The number of halogens is 1. The number of aromatic carboxylic acids is 1. The van der Waals surface area contributed by atoms with Gasteiger partial charge in [0.15, 0.2) is 0 Å². The molecule has 2 rings (SSSR count). The largest absolute Gasteiger partial charge is 0.478 e. The number of hydrogen-bond acceptors (Lipinski definition) is 2. The first-order chi connectivity index (χ1) is 8.16. The van der Waals surface area contributed by atoms with Gasteiger partial charge in [0.2, 0.25) is 0 Å². The molecule has 0 radical (unpaired) electrons. The zero-order valence-electron chi connectivity index (χ0n) is 8.93. The van der Waals surface area contributed by atoms with E-state index in [9.17, 15) is 9.18 Å². The maximum atomic E-state index is 13.0. The van der Waals surface area contributed by atoms with Crippen LogP contribution in [0.5, 0.6) is 0 Å². The summed E-state index contributed by atoms with van der Waals surface area (Å²) in [5.41, 5.74) is 1.53. The van der Waals surface area contributed by atoms with E-state index < -0.39 is 11.8 Å². The molecule has 2 aromatic rings. The number of benzene rings is 1. The number of hydrogen-bond donors (Lipinski definition) is 1. The van der Waals surface area contributed by atoms with Crippen molar-refractivity contribution in [3.8, 4) is 0 Å². The van der Waals surface area contributed by atoms with E-state index >= 15 is 0 Å². The monoisotopic (exact) mass is 231 g/mol. The van der Waals surface area contributed by atoms with Gasteiger partial charge < -0.3 is 5.11 Å². The van der Waals surface area contributed by atoms with E-state index in [4.69, 9.17) is 5.11 Å². The second-order valence-corrected chi connectivity index (χ2v) is 3.64. The lowest BCUT2D eigenvalue weighted by atomic mass is 10.0. The van der Waals surface area contributed by atoms with Crippen LogP contribution in [0.4, 0.5) is 4.39 Å². The molecule has 0 saturated carbocycles. The van der Waals surface area contributed by atoms with Crippen LogP contribution in [0.25, 0.3) is 0 Å². The fraction of sp³-hybridized carbons (Fsp3) is 0.0769. The maximum Gasteiger partial charge on any atom is 0.336 e. The number of carboxylic acid groups (broad SMARTS) is 1. The van der Waals surface area contributed by atoms with E-state index in [2.05, 4.69) is 4.98 Å². The molecule has 1 N–H and O–H groups in total. The third-order valence-corrected chi connectivity index (χ3v) is 2.45. The molecule has 0 bridgehead atoms. The molecule has 0 aliphatic carbocycles. The molecule has 0 aliphatic rings. The van der Waals surface area contributed by atoms with Crippen LogP contribution in [0, 0.1) is 5.82 Å². The summed E-state index contributed by atoms with van der Waals surface area (Å²) in [6, 6.07) is 7.41. The lowest BCUT2D eigenvalue weighted by Crippen LogP contribution is -2.04. The summed E-state index contributed by atoms with van der Waals surface area (Å²) in [5.74, 6) is -1.66. The average Bonchev–Trinajstić information content (AvgIpc) is 2.32. The van der Waals surface area contributed by atoms with Crippen LogP contribution in [0.3, 0.4) is 0 Å². The zero-order valence-corrected chi connectivity index (χ0v) is 8.93. The molecule has 0 saturated heterocycles. The molecular weight excluding hydrogens is 221 g/mol. The minimum absolute atomic E-state index is 0.00168. The smallest absolute Gasteiger partial charge is 0.336 e. The Morgan fingerprint density at radius 2 is 1.94 bits per heavy atom. The highest BCUT2D eigenvalue weighted by atomic mass is 19.1. The van der Waals surface area contributed by atoms with Gasteiger partial charge in [-0.1, -0.05) is 6.07 Å². The first-order valence-corrected chi connectivity index (χ1v) is 5.07. The van der Waals surface area contributed by atoms with Gasteiger partial charge in [-0.2, -0.15) is 0 Å². The van der Waals surface area contributed by atoms with Crippen molar-refractivity contribution in [2.24, 2.45) is 0 Å². The highest BCUT2D eigenvalue weighted by Crippen LogP contribution is 2.15. The van der Waals surface area contributed by atoms with Gasteiger partial charge in [0.25, 0.3) is 0 Å². The Balaban J connectivity index is 2.36. The third-order valence-electron chi connectivity index (χ3n) is 2.45. The normalized spacial score (nSPS) is 10.2. The van der Waals surface area contributed by atoms with Gasteiger partial charge in [-0.25, -0.2) is 9.18 Å². The number of carbonyl (C=O) groups is 1. The van der Waals surface area contributed by atoms with Crippen LogP contribution in [0.15, 0.2) is 42.7 Å². The molecule has 0 aliphatic heterocycles. The highest BCUT2D eigenvalue weighted by Gasteiger charge is 2.11. The van der Waals surface area contributed by atoms with Crippen molar-refractivity contribution in [2.45, 2.75) is 6.42 Å². The van der Waals surface area contributed by atoms with Gasteiger partial charge in [0, 0.05) is 12.4 Å². The SMILES string of the molecule is O=C(O)c1cc(F)ccc1Cc1ccncc1. The van der Waals surface area contributed by atoms with Gasteiger partial charge in [-0.15, -0.1) is 0 Å². The third kappa shape index (κ3) is 2.66. The van der Waals surface area contributed by atoms with Crippen molar-refractivity contribution in [3.05, 3.63) is 65.2 Å². The van der Waals surface area contributed by atoms with Crippen LogP contribution in [-0.2, 0) is 6.42 Å². The molecule has 1 aromatic carbocycles. The number of rotatable bonds is 3. The number of pyridine rings is 1. The van der Waals surface area contributed by atoms with Gasteiger partial charge >= 0.3 is 5.97 Å². The lowest BCUT2D eigenvalue weighted by Gasteiger charge is -2.06. The highest BCUT2D eigenvalue weighted by molar-refractivity contribution is 5.89. The van der Waals surface area contributed by atoms with Crippen molar-refractivity contribution in [1.29, 1.82) is 0 Å². The zero-order chi connectivity index (χ0) is 12.3. The summed E-state index contributed by atoms with van der Waals surface area (Å²) >= 11 is 0. The van der Waals surface area contributed by atoms with Crippen molar-refractivity contribution in [1.82, 2.24) is 4.98 Å². The minimum Gasteiger partial charge on any atom is -0.478 e. The van der Waals surface area contributed by atoms with E-state index in [1.807, 2.05) is 0 Å². The predicted molar refractivity (Wildman–Crippen MR) is 60.4 cm³/mol. The molecule has 17 heavy (non-hydrogen) atoms. The first kappa shape index (κ1) is 11.3. The Bertz CT molecular complexity index is 540. The Morgan fingerprint density at radius 1 is 1.24 bits per heavy atom. The molecule has 4 heteroatoms. The van der Waals surface area contributed by atoms with Crippen molar-refractivity contribution < 1.29 is 14.3 Å². The molecule has 1 aromatic heterocycles. The fourth-order valence-electron chi connectivity index (χ4n) is 1.62.